The summed E-state index contributed by atoms with van der Waals surface area (Å²) in [5.74, 6) is 0. The summed E-state index contributed by atoms with van der Waals surface area (Å²) < 4.78 is 1.83. The Hall–Kier alpha value is -1.20. The van der Waals surface area contributed by atoms with Gasteiger partial charge >= 0.3 is 0 Å². The standard InChI is InChI=1S/C13H20N4S/c1-5-12-7-14-13(18-12)10(3)16-9(2)11-6-15-17(4)8-11/h6-10,16H,5H2,1-4H3. The third-order valence-electron chi connectivity index (χ3n) is 3.02. The second-order valence-corrected chi connectivity index (χ2v) is 5.72. The summed E-state index contributed by atoms with van der Waals surface area (Å²) in [5, 5.41) is 8.91. The van der Waals surface area contributed by atoms with Crippen LogP contribution in [0.25, 0.3) is 0 Å². The molecule has 2 aromatic rings. The van der Waals surface area contributed by atoms with Gasteiger partial charge < -0.3 is 5.32 Å². The number of hydrogen-bond donors (Lipinski definition) is 1. The van der Waals surface area contributed by atoms with Crippen molar-refractivity contribution < 1.29 is 0 Å². The lowest BCUT2D eigenvalue weighted by atomic mass is 10.1. The van der Waals surface area contributed by atoms with Crippen LogP contribution >= 0.6 is 11.3 Å². The molecule has 2 atom stereocenters. The Labute approximate surface area is 112 Å². The molecule has 4 nitrogen and oxygen atoms in total. The fourth-order valence-electron chi connectivity index (χ4n) is 1.89. The Kier molecular flexibility index (Phi) is 4.14. The molecule has 18 heavy (non-hydrogen) atoms. The highest BCUT2D eigenvalue weighted by Gasteiger charge is 2.14. The minimum absolute atomic E-state index is 0.269. The van der Waals surface area contributed by atoms with E-state index in [9.17, 15) is 0 Å². The van der Waals surface area contributed by atoms with Gasteiger partial charge in [0.2, 0.25) is 0 Å². The Morgan fingerprint density at radius 1 is 1.33 bits per heavy atom. The van der Waals surface area contributed by atoms with Crippen molar-refractivity contribution in [1.82, 2.24) is 20.1 Å². The second-order valence-electron chi connectivity index (χ2n) is 4.58. The molecule has 2 unspecified atom stereocenters. The minimum Gasteiger partial charge on any atom is -0.301 e. The Balaban J connectivity index is 2.00. The van der Waals surface area contributed by atoms with E-state index >= 15 is 0 Å². The van der Waals surface area contributed by atoms with Crippen molar-refractivity contribution in [2.45, 2.75) is 39.3 Å². The SMILES string of the molecule is CCc1cnc(C(C)NC(C)c2cnn(C)c2)s1. The van der Waals surface area contributed by atoms with Gasteiger partial charge in [-0.05, 0) is 20.3 Å². The van der Waals surface area contributed by atoms with Gasteiger partial charge in [0.1, 0.15) is 5.01 Å². The molecule has 2 rings (SSSR count). The van der Waals surface area contributed by atoms with Crippen LogP contribution < -0.4 is 5.32 Å². The molecule has 5 heteroatoms. The molecule has 0 aliphatic heterocycles. The quantitative estimate of drug-likeness (QED) is 0.903. The molecule has 2 aromatic heterocycles. The van der Waals surface area contributed by atoms with Gasteiger partial charge in [0.15, 0.2) is 0 Å². The zero-order chi connectivity index (χ0) is 13.1. The first-order valence-corrected chi connectivity index (χ1v) is 7.11. The zero-order valence-corrected chi connectivity index (χ0v) is 12.2. The number of thiazole rings is 1. The van der Waals surface area contributed by atoms with Crippen molar-refractivity contribution in [3.8, 4) is 0 Å². The first-order valence-electron chi connectivity index (χ1n) is 6.29. The minimum atomic E-state index is 0.269. The number of nitrogens with zero attached hydrogens (tertiary/aromatic N) is 3. The van der Waals surface area contributed by atoms with E-state index in [0.29, 0.717) is 0 Å². The molecule has 0 aliphatic rings. The number of hydrogen-bond acceptors (Lipinski definition) is 4. The molecule has 98 valence electrons. The molecule has 0 fully saturated rings. The molecular formula is C13H20N4S. The van der Waals surface area contributed by atoms with Gasteiger partial charge in [-0.15, -0.1) is 11.3 Å². The number of aryl methyl sites for hydroxylation is 2. The Morgan fingerprint density at radius 3 is 2.67 bits per heavy atom. The van der Waals surface area contributed by atoms with Crippen LogP contribution in [0.15, 0.2) is 18.6 Å². The predicted molar refractivity (Wildman–Crippen MR) is 74.7 cm³/mol. The molecule has 0 saturated heterocycles. The lowest BCUT2D eigenvalue weighted by molar-refractivity contribution is 0.493. The second kappa shape index (κ2) is 5.63. The van der Waals surface area contributed by atoms with Crippen LogP contribution in [0.2, 0.25) is 0 Å². The van der Waals surface area contributed by atoms with Crippen LogP contribution in [0.5, 0.6) is 0 Å². The van der Waals surface area contributed by atoms with Gasteiger partial charge in [-0.1, -0.05) is 6.92 Å². The van der Waals surface area contributed by atoms with Gasteiger partial charge in [0.25, 0.3) is 0 Å². The van der Waals surface area contributed by atoms with Gasteiger partial charge in [-0.3, -0.25) is 4.68 Å². The van der Waals surface area contributed by atoms with Crippen molar-refractivity contribution >= 4 is 11.3 Å². The first kappa shape index (κ1) is 13.2. The van der Waals surface area contributed by atoms with Crippen LogP contribution in [0.4, 0.5) is 0 Å². The highest BCUT2D eigenvalue weighted by atomic mass is 32.1. The normalized spacial score (nSPS) is 14.7. The van der Waals surface area contributed by atoms with E-state index in [0.717, 1.165) is 11.4 Å². The van der Waals surface area contributed by atoms with Crippen LogP contribution in [-0.4, -0.2) is 14.8 Å². The van der Waals surface area contributed by atoms with Crippen molar-refractivity contribution in [1.29, 1.82) is 0 Å². The van der Waals surface area contributed by atoms with Crippen LogP contribution in [0.1, 0.15) is 48.3 Å². The fourth-order valence-corrected chi connectivity index (χ4v) is 2.76. The lowest BCUT2D eigenvalue weighted by Crippen LogP contribution is -2.22. The zero-order valence-electron chi connectivity index (χ0n) is 11.3. The average Bonchev–Trinajstić information content (AvgIpc) is 2.97. The van der Waals surface area contributed by atoms with E-state index in [4.69, 9.17) is 0 Å². The fraction of sp³-hybridized carbons (Fsp3) is 0.538. The topological polar surface area (TPSA) is 42.7 Å². The van der Waals surface area contributed by atoms with E-state index in [2.05, 4.69) is 36.2 Å². The summed E-state index contributed by atoms with van der Waals surface area (Å²) in [7, 11) is 1.94. The van der Waals surface area contributed by atoms with E-state index in [1.807, 2.05) is 30.3 Å². The maximum Gasteiger partial charge on any atom is 0.109 e. The van der Waals surface area contributed by atoms with Crippen LogP contribution in [-0.2, 0) is 13.5 Å². The van der Waals surface area contributed by atoms with Gasteiger partial charge in [-0.2, -0.15) is 5.10 Å². The molecule has 0 spiro atoms. The third kappa shape index (κ3) is 2.97. The number of rotatable bonds is 5. The highest BCUT2D eigenvalue weighted by molar-refractivity contribution is 7.11. The third-order valence-corrected chi connectivity index (χ3v) is 4.34. The molecule has 0 radical (unpaired) electrons. The van der Waals surface area contributed by atoms with E-state index in [-0.39, 0.29) is 12.1 Å². The molecule has 1 N–H and O–H groups in total. The molecule has 0 bridgehead atoms. The molecule has 0 amide bonds. The summed E-state index contributed by atoms with van der Waals surface area (Å²) in [6, 6.07) is 0.549. The molecule has 0 aromatic carbocycles. The molecule has 2 heterocycles. The maximum atomic E-state index is 4.47. The van der Waals surface area contributed by atoms with Crippen LogP contribution in [0.3, 0.4) is 0 Å². The smallest absolute Gasteiger partial charge is 0.109 e. The lowest BCUT2D eigenvalue weighted by Gasteiger charge is -2.17. The van der Waals surface area contributed by atoms with E-state index in [1.54, 1.807) is 11.3 Å². The van der Waals surface area contributed by atoms with Crippen LogP contribution in [0, 0.1) is 0 Å². The summed E-state index contributed by atoms with van der Waals surface area (Å²) in [6.07, 6.45) is 6.99. The van der Waals surface area contributed by atoms with Crippen molar-refractivity contribution in [2.75, 3.05) is 0 Å². The monoisotopic (exact) mass is 264 g/mol. The van der Waals surface area contributed by atoms with Gasteiger partial charge in [-0.25, -0.2) is 4.98 Å². The molecule has 0 saturated carbocycles. The first-order chi connectivity index (χ1) is 8.60. The largest absolute Gasteiger partial charge is 0.301 e. The summed E-state index contributed by atoms with van der Waals surface area (Å²) >= 11 is 1.79. The number of aromatic nitrogens is 3. The Morgan fingerprint density at radius 2 is 2.11 bits per heavy atom. The van der Waals surface area contributed by atoms with Gasteiger partial charge in [0.05, 0.1) is 12.2 Å². The molecule has 0 aliphatic carbocycles. The summed E-state index contributed by atoms with van der Waals surface area (Å²) in [4.78, 5) is 5.81. The summed E-state index contributed by atoms with van der Waals surface area (Å²) in [5.41, 5.74) is 1.21. The van der Waals surface area contributed by atoms with Crippen molar-refractivity contribution in [2.24, 2.45) is 7.05 Å². The summed E-state index contributed by atoms with van der Waals surface area (Å²) in [6.45, 7) is 6.47. The van der Waals surface area contributed by atoms with E-state index in [1.165, 1.54) is 10.4 Å². The highest BCUT2D eigenvalue weighted by Crippen LogP contribution is 2.23. The number of nitrogens with one attached hydrogen (secondary N) is 1. The molecular weight excluding hydrogens is 244 g/mol. The average molecular weight is 264 g/mol. The van der Waals surface area contributed by atoms with Gasteiger partial charge in [0, 0.05) is 35.9 Å². The van der Waals surface area contributed by atoms with Crippen molar-refractivity contribution in [3.63, 3.8) is 0 Å². The predicted octanol–water partition coefficient (Wildman–Crippen LogP) is 2.85. The van der Waals surface area contributed by atoms with E-state index < -0.39 is 0 Å². The maximum absolute atomic E-state index is 4.47. The van der Waals surface area contributed by atoms with Crippen molar-refractivity contribution in [3.05, 3.63) is 34.0 Å². The Bertz CT molecular complexity index is 503.